The van der Waals surface area contributed by atoms with Crippen LogP contribution in [0.15, 0.2) is 31.8 Å². The minimum atomic E-state index is 0.722. The van der Waals surface area contributed by atoms with E-state index in [1.54, 1.807) is 0 Å². The molecule has 0 aliphatic rings. The van der Waals surface area contributed by atoms with Gasteiger partial charge in [-0.2, -0.15) is 0 Å². The Bertz CT molecular complexity index is 817. The van der Waals surface area contributed by atoms with Crippen molar-refractivity contribution in [3.8, 4) is 19.5 Å². The van der Waals surface area contributed by atoms with Crippen molar-refractivity contribution in [2.24, 2.45) is 11.8 Å². The van der Waals surface area contributed by atoms with E-state index < -0.39 is 0 Å². The molecular weight excluding hydrogens is 520 g/mol. The third kappa shape index (κ3) is 5.36. The van der Waals surface area contributed by atoms with Gasteiger partial charge in [0.1, 0.15) is 0 Å². The molecule has 0 fully saturated rings. The minimum absolute atomic E-state index is 0.722. The average Bonchev–Trinajstić information content (AvgIpc) is 3.33. The number of rotatable bonds is 8. The summed E-state index contributed by atoms with van der Waals surface area (Å²) in [4.78, 5) is 5.69. The lowest BCUT2D eigenvalue weighted by molar-refractivity contribution is 0.561. The van der Waals surface area contributed by atoms with Crippen molar-refractivity contribution in [1.29, 1.82) is 0 Å². The maximum absolute atomic E-state index is 3.71. The van der Waals surface area contributed by atoms with Gasteiger partial charge in [-0.3, -0.25) is 0 Å². The van der Waals surface area contributed by atoms with Gasteiger partial charge >= 0.3 is 0 Å². The van der Waals surface area contributed by atoms with Gasteiger partial charge in [0.15, 0.2) is 0 Å². The first-order chi connectivity index (χ1) is 12.9. The van der Waals surface area contributed by atoms with Gasteiger partial charge in [0.25, 0.3) is 0 Å². The fraction of sp³-hybridized carbons (Fsp3) is 0.455. The predicted octanol–water partition coefficient (Wildman–Crippen LogP) is 9.91. The van der Waals surface area contributed by atoms with Gasteiger partial charge in [0.05, 0.1) is 7.57 Å². The Hall–Kier alpha value is 0.0600. The van der Waals surface area contributed by atoms with Crippen LogP contribution in [0, 0.1) is 11.8 Å². The van der Waals surface area contributed by atoms with Crippen LogP contribution in [0.1, 0.15) is 51.7 Å². The molecule has 0 amide bonds. The van der Waals surface area contributed by atoms with E-state index in [1.165, 1.54) is 51.0 Å². The molecule has 3 aromatic heterocycles. The Morgan fingerprint density at radius 2 is 1.15 bits per heavy atom. The standard InChI is InChI=1S/C22H26Br2S3/c1-5-13(3)9-15-11-19(23)26-21(15)17-7-8-18(25-17)22-16(10-14(4)6-2)12-20(24)27-22/h7-8,11-14H,5-6,9-10H2,1-4H3/t13-,14-/m0/s1. The van der Waals surface area contributed by atoms with E-state index in [-0.39, 0.29) is 0 Å². The van der Waals surface area contributed by atoms with Crippen LogP contribution in [-0.2, 0) is 12.8 Å². The molecule has 0 saturated heterocycles. The summed E-state index contributed by atoms with van der Waals surface area (Å²) in [7, 11) is 0. The largest absolute Gasteiger partial charge is 0.133 e. The van der Waals surface area contributed by atoms with E-state index in [4.69, 9.17) is 0 Å². The van der Waals surface area contributed by atoms with Crippen LogP contribution >= 0.6 is 65.9 Å². The van der Waals surface area contributed by atoms with Gasteiger partial charge in [-0.1, -0.05) is 40.5 Å². The second-order valence-corrected chi connectivity index (χ2v) is 13.4. The van der Waals surface area contributed by atoms with Crippen LogP contribution in [0.5, 0.6) is 0 Å². The molecule has 0 nitrogen and oxygen atoms in total. The normalized spacial score (nSPS) is 13.9. The summed E-state index contributed by atoms with van der Waals surface area (Å²) in [5.74, 6) is 1.44. The second-order valence-electron chi connectivity index (χ2n) is 7.41. The molecule has 27 heavy (non-hydrogen) atoms. The lowest BCUT2D eigenvalue weighted by Crippen LogP contribution is -1.97. The maximum Gasteiger partial charge on any atom is 0.0708 e. The van der Waals surface area contributed by atoms with Gasteiger partial charge in [0, 0.05) is 19.5 Å². The predicted molar refractivity (Wildman–Crippen MR) is 133 cm³/mol. The van der Waals surface area contributed by atoms with Crippen LogP contribution in [0.25, 0.3) is 19.5 Å². The van der Waals surface area contributed by atoms with Crippen molar-refractivity contribution < 1.29 is 0 Å². The fourth-order valence-corrected chi connectivity index (χ4v) is 7.79. The van der Waals surface area contributed by atoms with Gasteiger partial charge < -0.3 is 0 Å². The molecule has 0 aliphatic heterocycles. The number of thiophene rings is 3. The summed E-state index contributed by atoms with van der Waals surface area (Å²) in [6.07, 6.45) is 4.77. The summed E-state index contributed by atoms with van der Waals surface area (Å²) < 4.78 is 2.48. The van der Waals surface area contributed by atoms with Gasteiger partial charge in [-0.15, -0.1) is 34.0 Å². The smallest absolute Gasteiger partial charge is 0.0708 e. The quantitative estimate of drug-likeness (QED) is 0.264. The van der Waals surface area contributed by atoms with Gasteiger partial charge in [-0.05, 0) is 91.9 Å². The number of halogens is 2. The molecule has 0 bridgehead atoms. The Morgan fingerprint density at radius 1 is 0.741 bits per heavy atom. The summed E-state index contributed by atoms with van der Waals surface area (Å²) in [6, 6.07) is 9.28. The van der Waals surface area contributed by atoms with Crippen molar-refractivity contribution in [3.63, 3.8) is 0 Å². The van der Waals surface area contributed by atoms with E-state index in [2.05, 4.69) is 83.8 Å². The summed E-state index contributed by atoms with van der Waals surface area (Å²) >= 11 is 13.1. The van der Waals surface area contributed by atoms with Crippen LogP contribution in [-0.4, -0.2) is 0 Å². The molecule has 0 unspecified atom stereocenters. The first-order valence-corrected chi connectivity index (χ1v) is 13.6. The molecule has 0 aromatic carbocycles. The molecule has 3 rings (SSSR count). The van der Waals surface area contributed by atoms with Crippen LogP contribution in [0.4, 0.5) is 0 Å². The molecule has 2 atom stereocenters. The van der Waals surface area contributed by atoms with E-state index in [1.807, 2.05) is 34.0 Å². The molecule has 146 valence electrons. The number of hydrogen-bond donors (Lipinski definition) is 0. The van der Waals surface area contributed by atoms with Crippen LogP contribution in [0.2, 0.25) is 0 Å². The minimum Gasteiger partial charge on any atom is -0.133 e. The average molecular weight is 546 g/mol. The molecule has 3 aromatic rings. The highest BCUT2D eigenvalue weighted by molar-refractivity contribution is 9.11. The monoisotopic (exact) mass is 544 g/mol. The summed E-state index contributed by atoms with van der Waals surface area (Å²) in [6.45, 7) is 9.25. The Balaban J connectivity index is 1.93. The molecule has 5 heteroatoms. The van der Waals surface area contributed by atoms with Crippen molar-refractivity contribution in [2.45, 2.75) is 53.4 Å². The van der Waals surface area contributed by atoms with Crippen LogP contribution < -0.4 is 0 Å². The van der Waals surface area contributed by atoms with Crippen LogP contribution in [0.3, 0.4) is 0 Å². The molecule has 3 heterocycles. The van der Waals surface area contributed by atoms with Gasteiger partial charge in [0.2, 0.25) is 0 Å². The first-order valence-electron chi connectivity index (χ1n) is 9.58. The molecule has 0 radical (unpaired) electrons. The third-order valence-corrected chi connectivity index (χ3v) is 9.95. The zero-order valence-electron chi connectivity index (χ0n) is 16.3. The topological polar surface area (TPSA) is 0 Å². The molecule has 0 aliphatic carbocycles. The Morgan fingerprint density at radius 3 is 1.52 bits per heavy atom. The Labute approximate surface area is 192 Å². The van der Waals surface area contributed by atoms with E-state index in [9.17, 15) is 0 Å². The third-order valence-electron chi connectivity index (χ3n) is 5.14. The Kier molecular flexibility index (Phi) is 7.82. The SMILES string of the molecule is CC[C@H](C)Cc1cc(Br)sc1-c1ccc(-c2sc(Br)cc2C[C@@H](C)CC)s1. The first kappa shape index (κ1) is 21.8. The van der Waals surface area contributed by atoms with Crippen molar-refractivity contribution in [1.82, 2.24) is 0 Å². The van der Waals surface area contributed by atoms with Gasteiger partial charge in [-0.25, -0.2) is 0 Å². The highest BCUT2D eigenvalue weighted by Gasteiger charge is 2.18. The lowest BCUT2D eigenvalue weighted by atomic mass is 9.99. The molecule has 0 N–H and O–H groups in total. The maximum atomic E-state index is 3.71. The zero-order chi connectivity index (χ0) is 19.6. The second kappa shape index (κ2) is 9.71. The number of hydrogen-bond acceptors (Lipinski definition) is 3. The fourth-order valence-electron chi connectivity index (χ4n) is 3.13. The van der Waals surface area contributed by atoms with E-state index in [0.29, 0.717) is 0 Å². The van der Waals surface area contributed by atoms with Crippen molar-refractivity contribution in [3.05, 3.63) is 43.0 Å². The van der Waals surface area contributed by atoms with E-state index >= 15 is 0 Å². The highest BCUT2D eigenvalue weighted by Crippen LogP contribution is 2.45. The molecule has 0 spiro atoms. The molecular formula is C22H26Br2S3. The summed E-state index contributed by atoms with van der Waals surface area (Å²) in [5.41, 5.74) is 2.98. The zero-order valence-corrected chi connectivity index (χ0v) is 21.9. The van der Waals surface area contributed by atoms with Crippen molar-refractivity contribution in [2.75, 3.05) is 0 Å². The summed E-state index contributed by atoms with van der Waals surface area (Å²) in [5, 5.41) is 0. The van der Waals surface area contributed by atoms with Crippen molar-refractivity contribution >= 4 is 65.9 Å². The van der Waals surface area contributed by atoms with E-state index in [0.717, 1.165) is 24.7 Å². The lowest BCUT2D eigenvalue weighted by Gasteiger charge is -2.09. The molecule has 0 saturated carbocycles. The highest BCUT2D eigenvalue weighted by atomic mass is 79.9.